The first-order valence-corrected chi connectivity index (χ1v) is 6.85. The highest BCUT2D eigenvalue weighted by Gasteiger charge is 2.46. The van der Waals surface area contributed by atoms with Crippen molar-refractivity contribution in [3.05, 3.63) is 0 Å². The molecule has 0 aromatic rings. The zero-order valence-corrected chi connectivity index (χ0v) is 9.38. The topological polar surface area (TPSA) is 156 Å². The van der Waals surface area contributed by atoms with Crippen LogP contribution in [0.5, 0.6) is 0 Å². The van der Waals surface area contributed by atoms with Gasteiger partial charge in [0.1, 0.15) is 0 Å². The fraction of sp³-hybridized carbons (Fsp3) is 0.750. The second-order valence-corrected chi connectivity index (χ2v) is 6.58. The molecule has 15 heavy (non-hydrogen) atoms. The third-order valence-electron chi connectivity index (χ3n) is 1.38. The van der Waals surface area contributed by atoms with E-state index in [4.69, 9.17) is 24.7 Å². The molecule has 0 aliphatic carbocycles. The van der Waals surface area contributed by atoms with Crippen molar-refractivity contribution in [2.75, 3.05) is 13.6 Å². The molecule has 0 saturated carbocycles. The number of nitrogens with zero attached hydrogens (tertiary/aromatic N) is 1. The predicted octanol–water partition coefficient (Wildman–Crippen LogP) is -1.36. The summed E-state index contributed by atoms with van der Waals surface area (Å²) in [6, 6.07) is 0. The van der Waals surface area contributed by atoms with Crippen LogP contribution in [-0.4, -0.2) is 54.7 Å². The highest BCUT2D eigenvalue weighted by Crippen LogP contribution is 2.60. The molecule has 0 bridgehead atoms. The van der Waals surface area contributed by atoms with Gasteiger partial charge in [0, 0.05) is 0 Å². The average Bonchev–Trinajstić information content (AvgIpc) is 1.74. The number of carbonyl (C=O) groups is 1. The van der Waals surface area contributed by atoms with Crippen molar-refractivity contribution in [2.24, 2.45) is 0 Å². The van der Waals surface area contributed by atoms with E-state index < -0.39 is 33.2 Å². The van der Waals surface area contributed by atoms with Gasteiger partial charge < -0.3 is 24.7 Å². The van der Waals surface area contributed by atoms with E-state index in [9.17, 15) is 13.9 Å². The molecule has 0 aliphatic heterocycles. The second kappa shape index (κ2) is 4.71. The molecule has 0 aromatic heterocycles. The third-order valence-corrected chi connectivity index (χ3v) is 5.18. The van der Waals surface area contributed by atoms with Gasteiger partial charge in [-0.3, -0.25) is 18.8 Å². The van der Waals surface area contributed by atoms with Gasteiger partial charge in [0.25, 0.3) is 0 Å². The Hall–Kier alpha value is -0.270. The molecule has 0 aliphatic rings. The van der Waals surface area contributed by atoms with E-state index in [2.05, 4.69) is 0 Å². The number of carboxylic acid groups (broad SMARTS) is 1. The van der Waals surface area contributed by atoms with Gasteiger partial charge in [-0.15, -0.1) is 0 Å². The normalized spacial score (nSPS) is 13.5. The van der Waals surface area contributed by atoms with E-state index in [-0.39, 0.29) is 0 Å². The summed E-state index contributed by atoms with van der Waals surface area (Å²) in [7, 11) is -9.32. The molecule has 0 fully saturated rings. The molecule has 0 atom stereocenters. The summed E-state index contributed by atoms with van der Waals surface area (Å²) in [4.78, 5) is 45.3. The standard InChI is InChI=1S/C4H11NO8P2/c1-5(2-3(6)7)4(14(8,9)10)15(11,12)13/h4H,2H2,1H3,(H,6,7)(H2,8,9,10)(H2,11,12,13). The maximum Gasteiger partial charge on any atom is 0.354 e. The lowest BCUT2D eigenvalue weighted by Gasteiger charge is -2.27. The first-order chi connectivity index (χ1) is 6.46. The number of hydrogen-bond donors (Lipinski definition) is 5. The molecule has 0 unspecified atom stereocenters. The van der Waals surface area contributed by atoms with Gasteiger partial charge in [-0.2, -0.15) is 0 Å². The first-order valence-electron chi connectivity index (χ1n) is 3.48. The number of carboxylic acids is 1. The number of rotatable bonds is 5. The van der Waals surface area contributed by atoms with Crippen molar-refractivity contribution < 1.29 is 38.6 Å². The minimum absolute atomic E-state index is 0.407. The molecule has 0 amide bonds. The lowest BCUT2D eigenvalue weighted by Crippen LogP contribution is -2.35. The summed E-state index contributed by atoms with van der Waals surface area (Å²) in [5, 5.41) is 8.32. The maximum absolute atomic E-state index is 10.8. The quantitative estimate of drug-likeness (QED) is 0.378. The summed E-state index contributed by atoms with van der Waals surface area (Å²) in [6.07, 6.45) is 0. The Morgan fingerprint density at radius 2 is 1.53 bits per heavy atom. The van der Waals surface area contributed by atoms with Crippen molar-refractivity contribution in [1.82, 2.24) is 4.90 Å². The summed E-state index contributed by atoms with van der Waals surface area (Å²) < 4.78 is 21.5. The molecule has 0 saturated heterocycles. The van der Waals surface area contributed by atoms with Crippen molar-refractivity contribution in [1.29, 1.82) is 0 Å². The lowest BCUT2D eigenvalue weighted by molar-refractivity contribution is -0.137. The Morgan fingerprint density at radius 1 is 1.20 bits per heavy atom. The molecule has 11 heteroatoms. The Balaban J connectivity index is 5.06. The van der Waals surface area contributed by atoms with Crippen LogP contribution in [0.25, 0.3) is 0 Å². The minimum Gasteiger partial charge on any atom is -0.480 e. The molecule has 0 spiro atoms. The van der Waals surface area contributed by atoms with Crippen LogP contribution >= 0.6 is 15.2 Å². The summed E-state index contributed by atoms with van der Waals surface area (Å²) in [5.41, 5.74) is -2.43. The van der Waals surface area contributed by atoms with Gasteiger partial charge in [-0.05, 0) is 7.05 Å². The van der Waals surface area contributed by atoms with E-state index in [1.165, 1.54) is 0 Å². The highest BCUT2D eigenvalue weighted by atomic mass is 31.2. The maximum atomic E-state index is 10.8. The fourth-order valence-corrected chi connectivity index (χ4v) is 3.76. The molecular weight excluding hydrogens is 252 g/mol. The smallest absolute Gasteiger partial charge is 0.354 e. The molecule has 0 aromatic carbocycles. The van der Waals surface area contributed by atoms with Gasteiger partial charge in [-0.25, -0.2) is 0 Å². The molecule has 9 nitrogen and oxygen atoms in total. The lowest BCUT2D eigenvalue weighted by atomic mass is 10.6. The van der Waals surface area contributed by atoms with Crippen LogP contribution in [0.4, 0.5) is 0 Å². The Bertz CT molecular complexity index is 308. The SMILES string of the molecule is CN(CC(=O)O)C(P(=O)(O)O)P(=O)(O)O. The zero-order chi connectivity index (χ0) is 12.4. The Kier molecular flexibility index (Phi) is 4.63. The molecule has 0 heterocycles. The minimum atomic E-state index is -5.11. The van der Waals surface area contributed by atoms with E-state index in [0.717, 1.165) is 7.05 Å². The number of likely N-dealkylation sites (N-methyl/N-ethyl adjacent to an activating group) is 1. The third kappa shape index (κ3) is 4.85. The van der Waals surface area contributed by atoms with Gasteiger partial charge in [0.05, 0.1) is 6.54 Å². The van der Waals surface area contributed by atoms with Crippen LogP contribution in [0.15, 0.2) is 0 Å². The van der Waals surface area contributed by atoms with Crippen LogP contribution in [0.2, 0.25) is 0 Å². The summed E-state index contributed by atoms with van der Waals surface area (Å²) in [5.74, 6) is -1.45. The van der Waals surface area contributed by atoms with E-state index >= 15 is 0 Å². The fourth-order valence-electron chi connectivity index (χ4n) is 1.00. The van der Waals surface area contributed by atoms with Crippen LogP contribution in [-0.2, 0) is 13.9 Å². The van der Waals surface area contributed by atoms with E-state index in [1.54, 1.807) is 0 Å². The summed E-state index contributed by atoms with van der Waals surface area (Å²) in [6.45, 7) is -0.888. The highest BCUT2D eigenvalue weighted by molar-refractivity contribution is 7.70. The zero-order valence-electron chi connectivity index (χ0n) is 7.59. The van der Waals surface area contributed by atoms with E-state index in [0.29, 0.717) is 4.90 Å². The Morgan fingerprint density at radius 3 is 1.73 bits per heavy atom. The Labute approximate surface area is 84.7 Å². The van der Waals surface area contributed by atoms with Gasteiger partial charge >= 0.3 is 21.2 Å². The first kappa shape index (κ1) is 14.7. The predicted molar refractivity (Wildman–Crippen MR) is 48.1 cm³/mol. The number of aliphatic carboxylic acids is 1. The van der Waals surface area contributed by atoms with Crippen LogP contribution < -0.4 is 0 Å². The molecule has 0 rings (SSSR count). The second-order valence-electron chi connectivity index (χ2n) is 2.83. The van der Waals surface area contributed by atoms with Crippen LogP contribution in [0.3, 0.4) is 0 Å². The molecule has 90 valence electrons. The van der Waals surface area contributed by atoms with Crippen LogP contribution in [0.1, 0.15) is 0 Å². The molecule has 0 radical (unpaired) electrons. The van der Waals surface area contributed by atoms with Gasteiger partial charge in [0.15, 0.2) is 0 Å². The van der Waals surface area contributed by atoms with Gasteiger partial charge in [-0.1, -0.05) is 0 Å². The monoisotopic (exact) mass is 263 g/mol. The van der Waals surface area contributed by atoms with Crippen LogP contribution in [0, 0.1) is 0 Å². The molecule has 5 N–H and O–H groups in total. The van der Waals surface area contributed by atoms with Crippen molar-refractivity contribution in [3.63, 3.8) is 0 Å². The van der Waals surface area contributed by atoms with E-state index in [1.807, 2.05) is 0 Å². The number of hydrogen-bond acceptors (Lipinski definition) is 4. The molecular formula is C4H11NO8P2. The average molecular weight is 263 g/mol. The largest absolute Gasteiger partial charge is 0.480 e. The van der Waals surface area contributed by atoms with Gasteiger partial charge in [0.2, 0.25) is 5.52 Å². The summed E-state index contributed by atoms with van der Waals surface area (Å²) >= 11 is 0. The van der Waals surface area contributed by atoms with Crippen molar-refractivity contribution in [3.8, 4) is 0 Å². The van der Waals surface area contributed by atoms with Crippen molar-refractivity contribution >= 4 is 21.2 Å². The van der Waals surface area contributed by atoms with Crippen molar-refractivity contribution in [2.45, 2.75) is 5.52 Å².